The van der Waals surface area contributed by atoms with Gasteiger partial charge in [0.05, 0.1) is 6.54 Å². The number of carbonyl (C=O) groups is 1. The van der Waals surface area contributed by atoms with Gasteiger partial charge in [0.2, 0.25) is 5.91 Å². The molecule has 1 aromatic rings. The Kier molecular flexibility index (Phi) is 4.33. The monoisotopic (exact) mass is 250 g/mol. The molecule has 18 heavy (non-hydrogen) atoms. The third-order valence-corrected chi connectivity index (χ3v) is 3.95. The molecule has 1 aliphatic carbocycles. The van der Waals surface area contributed by atoms with Gasteiger partial charge in [0.25, 0.3) is 0 Å². The second-order valence-electron chi connectivity index (χ2n) is 5.33. The van der Waals surface area contributed by atoms with Crippen molar-refractivity contribution in [2.75, 3.05) is 7.05 Å². The zero-order valence-electron chi connectivity index (χ0n) is 11.2. The van der Waals surface area contributed by atoms with E-state index in [0.29, 0.717) is 19.0 Å². The van der Waals surface area contributed by atoms with E-state index in [1.54, 1.807) is 11.0 Å². The summed E-state index contributed by atoms with van der Waals surface area (Å²) in [6.45, 7) is 2.91. The first-order valence-electron chi connectivity index (χ1n) is 6.75. The Morgan fingerprint density at radius 1 is 1.39 bits per heavy atom. The van der Waals surface area contributed by atoms with E-state index >= 15 is 0 Å². The quantitative estimate of drug-likeness (QED) is 0.817. The molecule has 0 aliphatic heterocycles. The first-order valence-corrected chi connectivity index (χ1v) is 6.75. The first-order chi connectivity index (χ1) is 8.66. The normalized spacial score (nSPS) is 23.9. The molecule has 5 nitrogen and oxygen atoms in total. The molecular formula is C13H22N4O. The second-order valence-corrected chi connectivity index (χ2v) is 5.33. The van der Waals surface area contributed by atoms with Gasteiger partial charge in [0.1, 0.15) is 12.7 Å². The van der Waals surface area contributed by atoms with E-state index in [9.17, 15) is 4.79 Å². The molecular weight excluding hydrogens is 228 g/mol. The van der Waals surface area contributed by atoms with Gasteiger partial charge in [-0.15, -0.1) is 0 Å². The zero-order chi connectivity index (χ0) is 13.0. The Morgan fingerprint density at radius 2 is 2.11 bits per heavy atom. The molecule has 0 radical (unpaired) electrons. The van der Waals surface area contributed by atoms with E-state index in [0.717, 1.165) is 18.8 Å². The van der Waals surface area contributed by atoms with Crippen molar-refractivity contribution in [2.24, 2.45) is 5.92 Å². The van der Waals surface area contributed by atoms with Crippen LogP contribution in [0.3, 0.4) is 0 Å². The van der Waals surface area contributed by atoms with Crippen molar-refractivity contribution in [1.82, 2.24) is 19.7 Å². The van der Waals surface area contributed by atoms with Crippen molar-refractivity contribution < 1.29 is 4.79 Å². The zero-order valence-corrected chi connectivity index (χ0v) is 11.2. The number of rotatable bonds is 4. The number of hydrogen-bond donors (Lipinski definition) is 0. The van der Waals surface area contributed by atoms with Crippen molar-refractivity contribution >= 4 is 5.91 Å². The maximum Gasteiger partial charge on any atom is 0.224 e. The highest BCUT2D eigenvalue weighted by molar-refractivity contribution is 5.76. The lowest BCUT2D eigenvalue weighted by Gasteiger charge is -2.33. The molecule has 0 N–H and O–H groups in total. The molecule has 0 unspecified atom stereocenters. The summed E-state index contributed by atoms with van der Waals surface area (Å²) < 4.78 is 1.70. The molecule has 0 bridgehead atoms. The lowest BCUT2D eigenvalue weighted by Crippen LogP contribution is -2.39. The molecule has 5 heteroatoms. The summed E-state index contributed by atoms with van der Waals surface area (Å²) in [4.78, 5) is 17.9. The van der Waals surface area contributed by atoms with E-state index < -0.39 is 0 Å². The van der Waals surface area contributed by atoms with Crippen molar-refractivity contribution in [3.05, 3.63) is 12.7 Å². The highest BCUT2D eigenvalue weighted by Crippen LogP contribution is 2.26. The Balaban J connectivity index is 1.77. The maximum atomic E-state index is 12.1. The number of aromatic nitrogens is 3. The Labute approximate surface area is 108 Å². The summed E-state index contributed by atoms with van der Waals surface area (Å²) in [5.41, 5.74) is 0. The third-order valence-electron chi connectivity index (χ3n) is 3.95. The summed E-state index contributed by atoms with van der Waals surface area (Å²) >= 11 is 0. The summed E-state index contributed by atoms with van der Waals surface area (Å²) in [5.74, 6) is 1.03. The van der Waals surface area contributed by atoms with E-state index in [2.05, 4.69) is 17.0 Å². The number of amides is 1. The van der Waals surface area contributed by atoms with Crippen molar-refractivity contribution in [1.29, 1.82) is 0 Å². The van der Waals surface area contributed by atoms with Crippen LogP contribution in [0.4, 0.5) is 0 Å². The topological polar surface area (TPSA) is 51.0 Å². The van der Waals surface area contributed by atoms with Crippen LogP contribution < -0.4 is 0 Å². The van der Waals surface area contributed by atoms with E-state index in [4.69, 9.17) is 0 Å². The SMILES string of the molecule is CC1CCC(N(C)C(=O)CCn2cncn2)CC1. The average molecular weight is 250 g/mol. The molecule has 0 spiro atoms. The Bertz CT molecular complexity index is 368. The number of carbonyl (C=O) groups excluding carboxylic acids is 1. The number of aryl methyl sites for hydroxylation is 1. The fraction of sp³-hybridized carbons (Fsp3) is 0.769. The van der Waals surface area contributed by atoms with Gasteiger partial charge in [0.15, 0.2) is 0 Å². The molecule has 1 aliphatic rings. The highest BCUT2D eigenvalue weighted by Gasteiger charge is 2.24. The van der Waals surface area contributed by atoms with Gasteiger partial charge in [-0.05, 0) is 31.6 Å². The smallest absolute Gasteiger partial charge is 0.224 e. The minimum absolute atomic E-state index is 0.213. The van der Waals surface area contributed by atoms with Gasteiger partial charge in [-0.2, -0.15) is 5.10 Å². The van der Waals surface area contributed by atoms with E-state index in [1.807, 2.05) is 11.9 Å². The van der Waals surface area contributed by atoms with Gasteiger partial charge in [-0.25, -0.2) is 4.98 Å². The predicted molar refractivity (Wildman–Crippen MR) is 68.8 cm³/mol. The van der Waals surface area contributed by atoms with Crippen molar-refractivity contribution in [3.8, 4) is 0 Å². The maximum absolute atomic E-state index is 12.1. The van der Waals surface area contributed by atoms with Crippen molar-refractivity contribution in [2.45, 2.75) is 51.6 Å². The Hall–Kier alpha value is -1.39. The van der Waals surface area contributed by atoms with Crippen molar-refractivity contribution in [3.63, 3.8) is 0 Å². The number of nitrogens with zero attached hydrogens (tertiary/aromatic N) is 4. The van der Waals surface area contributed by atoms with Gasteiger partial charge >= 0.3 is 0 Å². The molecule has 2 rings (SSSR count). The summed E-state index contributed by atoms with van der Waals surface area (Å²) in [6.07, 6.45) is 8.42. The van der Waals surface area contributed by atoms with E-state index in [-0.39, 0.29) is 5.91 Å². The van der Waals surface area contributed by atoms with Gasteiger partial charge < -0.3 is 4.90 Å². The van der Waals surface area contributed by atoms with Gasteiger partial charge in [0, 0.05) is 19.5 Å². The summed E-state index contributed by atoms with van der Waals surface area (Å²) in [7, 11) is 1.93. The van der Waals surface area contributed by atoms with E-state index in [1.165, 1.54) is 19.2 Å². The van der Waals surface area contributed by atoms with Crippen LogP contribution >= 0.6 is 0 Å². The molecule has 0 aromatic carbocycles. The van der Waals surface area contributed by atoms with Crippen LogP contribution in [0.25, 0.3) is 0 Å². The largest absolute Gasteiger partial charge is 0.343 e. The van der Waals surface area contributed by atoms with Crippen LogP contribution in [0, 0.1) is 5.92 Å². The molecule has 0 saturated heterocycles. The molecule has 1 fully saturated rings. The molecule has 100 valence electrons. The summed E-state index contributed by atoms with van der Waals surface area (Å²) in [6, 6.07) is 0.435. The minimum Gasteiger partial charge on any atom is -0.343 e. The third kappa shape index (κ3) is 3.31. The van der Waals surface area contributed by atoms with Gasteiger partial charge in [-0.1, -0.05) is 6.92 Å². The first kappa shape index (κ1) is 13.1. The summed E-state index contributed by atoms with van der Waals surface area (Å²) in [5, 5.41) is 4.00. The van der Waals surface area contributed by atoms with Crippen LogP contribution in [0.15, 0.2) is 12.7 Å². The fourth-order valence-electron chi connectivity index (χ4n) is 2.57. The van der Waals surface area contributed by atoms with Crippen LogP contribution in [-0.2, 0) is 11.3 Å². The predicted octanol–water partition coefficient (Wildman–Crippen LogP) is 1.71. The van der Waals surface area contributed by atoms with Crippen LogP contribution in [0.1, 0.15) is 39.0 Å². The highest BCUT2D eigenvalue weighted by atomic mass is 16.2. The van der Waals surface area contributed by atoms with Crippen LogP contribution in [0.5, 0.6) is 0 Å². The molecule has 1 aromatic heterocycles. The molecule has 1 heterocycles. The molecule has 0 atom stereocenters. The fourth-order valence-corrected chi connectivity index (χ4v) is 2.57. The van der Waals surface area contributed by atoms with Gasteiger partial charge in [-0.3, -0.25) is 9.48 Å². The lowest BCUT2D eigenvalue weighted by molar-refractivity contribution is -0.133. The van der Waals surface area contributed by atoms with Crippen LogP contribution in [0.2, 0.25) is 0 Å². The Morgan fingerprint density at radius 3 is 2.72 bits per heavy atom. The molecule has 1 saturated carbocycles. The second kappa shape index (κ2) is 5.98. The number of hydrogen-bond acceptors (Lipinski definition) is 3. The molecule has 1 amide bonds. The standard InChI is InChI=1S/C13H22N4O/c1-11-3-5-12(6-4-11)16(2)13(18)7-8-17-10-14-9-15-17/h9-12H,3-8H2,1-2H3. The van der Waals surface area contributed by atoms with Crippen LogP contribution in [-0.4, -0.2) is 38.7 Å². The minimum atomic E-state index is 0.213. The average Bonchev–Trinajstić information content (AvgIpc) is 2.89. The lowest BCUT2D eigenvalue weighted by atomic mass is 9.86.